The Bertz CT molecular complexity index is 462. The van der Waals surface area contributed by atoms with Gasteiger partial charge in [-0.3, -0.25) is 4.79 Å². The Balaban J connectivity index is 2.12. The second-order valence-electron chi connectivity index (χ2n) is 4.31. The van der Waals surface area contributed by atoms with E-state index in [2.05, 4.69) is 0 Å². The number of rotatable bonds is 3. The molecule has 1 aliphatic rings. The summed E-state index contributed by atoms with van der Waals surface area (Å²) in [5.41, 5.74) is 0.386. The highest BCUT2D eigenvalue weighted by Gasteiger charge is 2.25. The quantitative estimate of drug-likeness (QED) is 0.820. The Hall–Kier alpha value is -1.79. The Morgan fingerprint density at radius 2 is 2.37 bits per heavy atom. The molecule has 19 heavy (non-hydrogen) atoms. The van der Waals surface area contributed by atoms with Gasteiger partial charge in [0, 0.05) is 18.7 Å². The van der Waals surface area contributed by atoms with Crippen molar-refractivity contribution in [1.82, 2.24) is 4.90 Å². The average Bonchev–Trinajstić information content (AvgIpc) is 2.46. The van der Waals surface area contributed by atoms with E-state index < -0.39 is 0 Å². The van der Waals surface area contributed by atoms with Crippen molar-refractivity contribution in [1.29, 1.82) is 0 Å². The number of carbonyl (C=O) groups is 1. The van der Waals surface area contributed by atoms with Crippen LogP contribution in [0.2, 0.25) is 0 Å². The predicted molar refractivity (Wildman–Crippen MR) is 67.4 cm³/mol. The summed E-state index contributed by atoms with van der Waals surface area (Å²) in [5, 5.41) is 18.7. The summed E-state index contributed by atoms with van der Waals surface area (Å²) in [6.07, 6.45) is -0.343. The van der Waals surface area contributed by atoms with E-state index in [0.29, 0.717) is 31.0 Å². The molecule has 1 unspecified atom stereocenters. The van der Waals surface area contributed by atoms with Crippen LogP contribution >= 0.6 is 0 Å². The summed E-state index contributed by atoms with van der Waals surface area (Å²) in [6.45, 7) is 1.11. The number of nitrogens with zero attached hydrogens (tertiary/aromatic N) is 1. The van der Waals surface area contributed by atoms with Gasteiger partial charge in [0.1, 0.15) is 0 Å². The fourth-order valence-electron chi connectivity index (χ4n) is 2.02. The van der Waals surface area contributed by atoms with Crippen molar-refractivity contribution in [3.63, 3.8) is 0 Å². The van der Waals surface area contributed by atoms with E-state index in [1.807, 2.05) is 0 Å². The van der Waals surface area contributed by atoms with Gasteiger partial charge in [0.2, 0.25) is 0 Å². The summed E-state index contributed by atoms with van der Waals surface area (Å²) in [5.74, 6) is 0.0618. The summed E-state index contributed by atoms with van der Waals surface area (Å²) >= 11 is 0. The zero-order chi connectivity index (χ0) is 13.8. The molecule has 2 rings (SSSR count). The number of phenolic OH excluding ortho intramolecular Hbond substituents is 1. The summed E-state index contributed by atoms with van der Waals surface area (Å²) < 4.78 is 10.2. The first-order chi connectivity index (χ1) is 9.15. The smallest absolute Gasteiger partial charge is 0.254 e. The molecule has 1 saturated heterocycles. The fourth-order valence-corrected chi connectivity index (χ4v) is 2.02. The van der Waals surface area contributed by atoms with Gasteiger partial charge in [0.15, 0.2) is 11.5 Å². The SMILES string of the molecule is COc1ccc(C(=O)N2CCOC(CO)C2)cc1O. The number of phenols is 1. The molecular formula is C13H17NO5. The number of aliphatic hydroxyl groups excluding tert-OH is 1. The van der Waals surface area contributed by atoms with Crippen molar-refractivity contribution in [2.75, 3.05) is 33.4 Å². The van der Waals surface area contributed by atoms with Gasteiger partial charge in [-0.1, -0.05) is 0 Å². The maximum absolute atomic E-state index is 12.2. The molecule has 0 radical (unpaired) electrons. The molecule has 1 heterocycles. The number of methoxy groups -OCH3 is 1. The number of benzene rings is 1. The van der Waals surface area contributed by atoms with Crippen LogP contribution in [0.3, 0.4) is 0 Å². The number of hydrogen-bond acceptors (Lipinski definition) is 5. The Kier molecular flexibility index (Phi) is 4.24. The van der Waals surface area contributed by atoms with Crippen LogP contribution in [0.15, 0.2) is 18.2 Å². The molecule has 1 amide bonds. The van der Waals surface area contributed by atoms with E-state index in [1.54, 1.807) is 17.0 Å². The second kappa shape index (κ2) is 5.90. The first-order valence-electron chi connectivity index (χ1n) is 6.04. The normalized spacial score (nSPS) is 19.3. The minimum Gasteiger partial charge on any atom is -0.504 e. The maximum Gasteiger partial charge on any atom is 0.254 e. The van der Waals surface area contributed by atoms with Gasteiger partial charge in [0.05, 0.1) is 26.4 Å². The zero-order valence-electron chi connectivity index (χ0n) is 10.7. The van der Waals surface area contributed by atoms with Gasteiger partial charge in [-0.15, -0.1) is 0 Å². The van der Waals surface area contributed by atoms with Crippen LogP contribution in [0, 0.1) is 0 Å². The zero-order valence-corrected chi connectivity index (χ0v) is 10.7. The molecule has 1 aliphatic heterocycles. The summed E-state index contributed by atoms with van der Waals surface area (Å²) in [7, 11) is 1.45. The van der Waals surface area contributed by atoms with Crippen LogP contribution in [0.5, 0.6) is 11.5 Å². The van der Waals surface area contributed by atoms with Crippen LogP contribution in [-0.4, -0.2) is 60.5 Å². The lowest BCUT2D eigenvalue weighted by Gasteiger charge is -2.32. The number of hydrogen-bond donors (Lipinski definition) is 2. The Morgan fingerprint density at radius 1 is 1.58 bits per heavy atom. The van der Waals surface area contributed by atoms with E-state index >= 15 is 0 Å². The molecule has 1 aromatic carbocycles. The average molecular weight is 267 g/mol. The molecule has 104 valence electrons. The standard InChI is InChI=1S/C13H17NO5/c1-18-12-3-2-9(6-11(12)16)13(17)14-4-5-19-10(7-14)8-15/h2-3,6,10,15-16H,4-5,7-8H2,1H3. The lowest BCUT2D eigenvalue weighted by molar-refractivity contribution is -0.0447. The number of amides is 1. The van der Waals surface area contributed by atoms with Crippen molar-refractivity contribution >= 4 is 5.91 Å². The maximum atomic E-state index is 12.2. The number of ether oxygens (including phenoxy) is 2. The fraction of sp³-hybridized carbons (Fsp3) is 0.462. The van der Waals surface area contributed by atoms with Gasteiger partial charge < -0.3 is 24.6 Å². The van der Waals surface area contributed by atoms with Crippen molar-refractivity contribution in [2.45, 2.75) is 6.10 Å². The summed E-state index contributed by atoms with van der Waals surface area (Å²) in [6, 6.07) is 4.53. The van der Waals surface area contributed by atoms with E-state index in [1.165, 1.54) is 13.2 Å². The molecular weight excluding hydrogens is 250 g/mol. The van der Waals surface area contributed by atoms with Crippen molar-refractivity contribution < 1.29 is 24.5 Å². The molecule has 6 heteroatoms. The number of carbonyl (C=O) groups excluding carboxylic acids is 1. The molecule has 1 fully saturated rings. The molecule has 2 N–H and O–H groups in total. The van der Waals surface area contributed by atoms with E-state index in [9.17, 15) is 9.90 Å². The highest BCUT2D eigenvalue weighted by molar-refractivity contribution is 5.95. The second-order valence-corrected chi connectivity index (χ2v) is 4.31. The largest absolute Gasteiger partial charge is 0.504 e. The summed E-state index contributed by atoms with van der Waals surface area (Å²) in [4.78, 5) is 13.9. The van der Waals surface area contributed by atoms with Crippen LogP contribution in [0.4, 0.5) is 0 Å². The van der Waals surface area contributed by atoms with E-state index in [-0.39, 0.29) is 24.4 Å². The molecule has 0 aromatic heterocycles. The van der Waals surface area contributed by atoms with Crippen LogP contribution < -0.4 is 4.74 Å². The minimum absolute atomic E-state index is 0.0692. The lowest BCUT2D eigenvalue weighted by atomic mass is 10.1. The molecule has 0 saturated carbocycles. The topological polar surface area (TPSA) is 79.2 Å². The van der Waals surface area contributed by atoms with Gasteiger partial charge in [0.25, 0.3) is 5.91 Å². The van der Waals surface area contributed by atoms with Gasteiger partial charge >= 0.3 is 0 Å². The lowest BCUT2D eigenvalue weighted by Crippen LogP contribution is -2.46. The van der Waals surface area contributed by atoms with Crippen LogP contribution in [-0.2, 0) is 4.74 Å². The van der Waals surface area contributed by atoms with Crippen molar-refractivity contribution in [2.24, 2.45) is 0 Å². The van der Waals surface area contributed by atoms with Gasteiger partial charge in [-0.05, 0) is 18.2 Å². The Morgan fingerprint density at radius 3 is 3.00 bits per heavy atom. The van der Waals surface area contributed by atoms with Crippen LogP contribution in [0.25, 0.3) is 0 Å². The number of aliphatic hydroxyl groups is 1. The number of aromatic hydroxyl groups is 1. The molecule has 0 aliphatic carbocycles. The minimum atomic E-state index is -0.343. The van der Waals surface area contributed by atoms with E-state index in [4.69, 9.17) is 14.6 Å². The molecule has 0 spiro atoms. The third kappa shape index (κ3) is 2.97. The molecule has 1 aromatic rings. The van der Waals surface area contributed by atoms with E-state index in [0.717, 1.165) is 0 Å². The highest BCUT2D eigenvalue weighted by Crippen LogP contribution is 2.27. The van der Waals surface area contributed by atoms with Gasteiger partial charge in [-0.25, -0.2) is 0 Å². The van der Waals surface area contributed by atoms with Crippen molar-refractivity contribution in [3.8, 4) is 11.5 Å². The Labute approximate surface area is 111 Å². The monoisotopic (exact) mass is 267 g/mol. The first kappa shape index (κ1) is 13.6. The third-order valence-corrected chi connectivity index (χ3v) is 3.06. The van der Waals surface area contributed by atoms with Crippen LogP contribution in [0.1, 0.15) is 10.4 Å². The third-order valence-electron chi connectivity index (χ3n) is 3.06. The molecule has 6 nitrogen and oxygen atoms in total. The highest BCUT2D eigenvalue weighted by atomic mass is 16.5. The van der Waals surface area contributed by atoms with Gasteiger partial charge in [-0.2, -0.15) is 0 Å². The number of morpholine rings is 1. The molecule has 0 bridgehead atoms. The van der Waals surface area contributed by atoms with Crippen molar-refractivity contribution in [3.05, 3.63) is 23.8 Å². The molecule has 1 atom stereocenters. The first-order valence-corrected chi connectivity index (χ1v) is 6.04. The predicted octanol–water partition coefficient (Wildman–Crippen LogP) is 0.234.